The quantitative estimate of drug-likeness (QED) is 0.786. The van der Waals surface area contributed by atoms with Crippen LogP contribution in [0.1, 0.15) is 18.4 Å². The molecule has 0 unspecified atom stereocenters. The van der Waals surface area contributed by atoms with E-state index in [4.69, 9.17) is 9.29 Å². The average Bonchev–Trinajstić information content (AvgIpc) is 2.51. The van der Waals surface area contributed by atoms with E-state index >= 15 is 0 Å². The van der Waals surface area contributed by atoms with Gasteiger partial charge in [-0.05, 0) is 35.4 Å². The fraction of sp³-hybridized carbons (Fsp3) is 0.312. The molecule has 2 N–H and O–H groups in total. The predicted octanol–water partition coefficient (Wildman–Crippen LogP) is 1.96. The highest BCUT2D eigenvalue weighted by Gasteiger charge is 2.16. The zero-order valence-corrected chi connectivity index (χ0v) is 13.8. The van der Waals surface area contributed by atoms with Crippen LogP contribution in [0.15, 0.2) is 36.4 Å². The maximum absolute atomic E-state index is 12.1. The highest BCUT2D eigenvalue weighted by Crippen LogP contribution is 2.25. The van der Waals surface area contributed by atoms with Gasteiger partial charge in [-0.1, -0.05) is 24.3 Å². The molecule has 0 spiro atoms. The van der Waals surface area contributed by atoms with Crippen molar-refractivity contribution < 1.29 is 22.5 Å². The Morgan fingerprint density at radius 2 is 1.87 bits per heavy atom. The fourth-order valence-corrected chi connectivity index (χ4v) is 2.61. The van der Waals surface area contributed by atoms with Crippen molar-refractivity contribution in [1.82, 2.24) is 5.32 Å². The highest BCUT2D eigenvalue weighted by molar-refractivity contribution is 7.85. The molecule has 0 radical (unpaired) electrons. The lowest BCUT2D eigenvalue weighted by Gasteiger charge is -2.13. The maximum atomic E-state index is 12.1. The molecule has 2 aromatic carbocycles. The first-order valence-electron chi connectivity index (χ1n) is 7.11. The highest BCUT2D eigenvalue weighted by atomic mass is 32.2. The zero-order valence-electron chi connectivity index (χ0n) is 12.9. The molecule has 0 heterocycles. The zero-order chi connectivity index (χ0) is 17.0. The van der Waals surface area contributed by atoms with E-state index in [1.54, 1.807) is 14.0 Å². The smallest absolute Gasteiger partial charge is 0.266 e. The number of rotatable bonds is 6. The Morgan fingerprint density at radius 3 is 2.52 bits per heavy atom. The van der Waals surface area contributed by atoms with Crippen molar-refractivity contribution >= 4 is 26.8 Å². The monoisotopic (exact) mass is 337 g/mol. The first kappa shape index (κ1) is 17.2. The summed E-state index contributed by atoms with van der Waals surface area (Å²) >= 11 is 0. The van der Waals surface area contributed by atoms with Gasteiger partial charge in [-0.25, -0.2) is 0 Å². The fourth-order valence-electron chi connectivity index (χ4n) is 2.25. The SMILES string of the molecule is COc1ccc2cc([C@@H](C)C(=O)NCCS(=O)(=O)O)ccc2c1. The van der Waals surface area contributed by atoms with Gasteiger partial charge in [-0.3, -0.25) is 9.35 Å². The number of carbonyl (C=O) groups is 1. The van der Waals surface area contributed by atoms with Crippen molar-refractivity contribution in [2.45, 2.75) is 12.8 Å². The van der Waals surface area contributed by atoms with Crippen LogP contribution in [0, 0.1) is 0 Å². The largest absolute Gasteiger partial charge is 0.497 e. The van der Waals surface area contributed by atoms with Crippen LogP contribution in [0.5, 0.6) is 5.75 Å². The number of fused-ring (bicyclic) bond motifs is 1. The molecule has 0 aromatic heterocycles. The number of hydrogen-bond acceptors (Lipinski definition) is 4. The summed E-state index contributed by atoms with van der Waals surface area (Å²) in [4.78, 5) is 12.1. The maximum Gasteiger partial charge on any atom is 0.266 e. The van der Waals surface area contributed by atoms with Crippen LogP contribution in [-0.4, -0.2) is 38.3 Å². The average molecular weight is 337 g/mol. The minimum atomic E-state index is -4.07. The number of carbonyl (C=O) groups excluding carboxylic acids is 1. The molecule has 0 aliphatic carbocycles. The lowest BCUT2D eigenvalue weighted by molar-refractivity contribution is -0.122. The van der Waals surface area contributed by atoms with Crippen LogP contribution < -0.4 is 10.1 Å². The Hall–Kier alpha value is -2.12. The molecule has 0 aliphatic rings. The molecule has 2 rings (SSSR count). The Kier molecular flexibility index (Phi) is 5.23. The van der Waals surface area contributed by atoms with Gasteiger partial charge < -0.3 is 10.1 Å². The van der Waals surface area contributed by atoms with Crippen LogP contribution in [0.2, 0.25) is 0 Å². The van der Waals surface area contributed by atoms with Crippen molar-refractivity contribution in [2.24, 2.45) is 0 Å². The van der Waals surface area contributed by atoms with Gasteiger partial charge in [0, 0.05) is 6.54 Å². The first-order valence-corrected chi connectivity index (χ1v) is 8.71. The van der Waals surface area contributed by atoms with E-state index in [0.29, 0.717) is 0 Å². The molecule has 0 saturated carbocycles. The Morgan fingerprint density at radius 1 is 1.22 bits per heavy atom. The summed E-state index contributed by atoms with van der Waals surface area (Å²) in [6.07, 6.45) is 0. The Bertz CT molecular complexity index is 816. The second-order valence-corrected chi connectivity index (χ2v) is 6.84. The van der Waals surface area contributed by atoms with Crippen LogP contribution >= 0.6 is 0 Å². The van der Waals surface area contributed by atoms with Gasteiger partial charge in [0.25, 0.3) is 10.1 Å². The van der Waals surface area contributed by atoms with Crippen molar-refractivity contribution in [1.29, 1.82) is 0 Å². The Labute approximate surface area is 135 Å². The van der Waals surface area contributed by atoms with Gasteiger partial charge >= 0.3 is 0 Å². The van der Waals surface area contributed by atoms with Gasteiger partial charge in [-0.2, -0.15) is 8.42 Å². The van der Waals surface area contributed by atoms with Gasteiger partial charge in [0.05, 0.1) is 18.8 Å². The van der Waals surface area contributed by atoms with Crippen molar-refractivity contribution in [3.05, 3.63) is 42.0 Å². The minimum Gasteiger partial charge on any atom is -0.497 e. The summed E-state index contributed by atoms with van der Waals surface area (Å²) in [6.45, 7) is 1.63. The van der Waals surface area contributed by atoms with Gasteiger partial charge in [0.1, 0.15) is 5.75 Å². The summed E-state index contributed by atoms with van der Waals surface area (Å²) in [5, 5.41) is 4.50. The molecule has 0 saturated heterocycles. The summed E-state index contributed by atoms with van der Waals surface area (Å²) in [5.41, 5.74) is 0.826. The Balaban J connectivity index is 2.11. The molecule has 124 valence electrons. The molecule has 0 fully saturated rings. The molecule has 7 heteroatoms. The molecule has 0 bridgehead atoms. The van der Waals surface area contributed by atoms with E-state index in [0.717, 1.165) is 22.1 Å². The number of hydrogen-bond donors (Lipinski definition) is 2. The molecule has 1 amide bonds. The number of amides is 1. The van der Waals surface area contributed by atoms with Crippen LogP contribution in [0.25, 0.3) is 10.8 Å². The van der Waals surface area contributed by atoms with Crippen molar-refractivity contribution in [2.75, 3.05) is 19.4 Å². The number of nitrogens with one attached hydrogen (secondary N) is 1. The third-order valence-electron chi connectivity index (χ3n) is 3.62. The van der Waals surface area contributed by atoms with E-state index in [-0.39, 0.29) is 12.5 Å². The summed E-state index contributed by atoms with van der Waals surface area (Å²) in [6, 6.07) is 11.4. The van der Waals surface area contributed by atoms with Gasteiger partial charge in [-0.15, -0.1) is 0 Å². The minimum absolute atomic E-state index is 0.118. The molecule has 6 nitrogen and oxygen atoms in total. The predicted molar refractivity (Wildman–Crippen MR) is 88.3 cm³/mol. The first-order chi connectivity index (χ1) is 10.8. The normalized spacial score (nSPS) is 12.8. The summed E-state index contributed by atoms with van der Waals surface area (Å²) < 4.78 is 35.1. The van der Waals surface area contributed by atoms with Crippen molar-refractivity contribution in [3.8, 4) is 5.75 Å². The second-order valence-electron chi connectivity index (χ2n) is 5.27. The summed E-state index contributed by atoms with van der Waals surface area (Å²) in [5.74, 6) is -0.450. The lowest BCUT2D eigenvalue weighted by Crippen LogP contribution is -2.32. The lowest BCUT2D eigenvalue weighted by atomic mass is 9.97. The van der Waals surface area contributed by atoms with Crippen LogP contribution in [-0.2, 0) is 14.9 Å². The van der Waals surface area contributed by atoms with E-state index in [2.05, 4.69) is 5.32 Å². The van der Waals surface area contributed by atoms with Crippen LogP contribution in [0.3, 0.4) is 0 Å². The van der Waals surface area contributed by atoms with Gasteiger partial charge in [0.2, 0.25) is 5.91 Å². The number of ether oxygens (including phenoxy) is 1. The number of methoxy groups -OCH3 is 1. The third kappa shape index (κ3) is 4.67. The van der Waals surface area contributed by atoms with Crippen molar-refractivity contribution in [3.63, 3.8) is 0 Å². The summed E-state index contributed by atoms with van der Waals surface area (Å²) in [7, 11) is -2.47. The van der Waals surface area contributed by atoms with E-state index in [1.165, 1.54) is 0 Å². The van der Waals surface area contributed by atoms with E-state index in [9.17, 15) is 13.2 Å². The van der Waals surface area contributed by atoms with Crippen LogP contribution in [0.4, 0.5) is 0 Å². The number of benzene rings is 2. The molecule has 1 atom stereocenters. The van der Waals surface area contributed by atoms with E-state index in [1.807, 2.05) is 36.4 Å². The molecular weight excluding hydrogens is 318 g/mol. The van der Waals surface area contributed by atoms with Gasteiger partial charge in [0.15, 0.2) is 0 Å². The van der Waals surface area contributed by atoms with E-state index < -0.39 is 21.8 Å². The molecule has 2 aromatic rings. The molecule has 0 aliphatic heterocycles. The molecule has 23 heavy (non-hydrogen) atoms. The third-order valence-corrected chi connectivity index (χ3v) is 4.34. The molecular formula is C16H19NO5S. The standard InChI is InChI=1S/C16H19NO5S/c1-11(16(18)17-7-8-23(19,20)21)12-3-4-14-10-15(22-2)6-5-13(14)9-12/h3-6,9-11H,7-8H2,1-2H3,(H,17,18)(H,19,20,21)/t11-/m1/s1. The second kappa shape index (κ2) is 6.97. The topological polar surface area (TPSA) is 92.7 Å².